The van der Waals surface area contributed by atoms with Crippen molar-refractivity contribution in [3.05, 3.63) is 24.3 Å². The van der Waals surface area contributed by atoms with E-state index in [4.69, 9.17) is 0 Å². The summed E-state index contributed by atoms with van der Waals surface area (Å²) in [6.07, 6.45) is 16.5. The Hall–Kier alpha value is -0.520. The summed E-state index contributed by atoms with van der Waals surface area (Å²) < 4.78 is 0. The summed E-state index contributed by atoms with van der Waals surface area (Å²) >= 11 is 0. The molecule has 0 N–H and O–H groups in total. The Kier molecular flexibility index (Phi) is 3.66. The third-order valence-electron chi connectivity index (χ3n) is 3.91. The van der Waals surface area contributed by atoms with Gasteiger partial charge < -0.3 is 0 Å². The monoisotopic (exact) mass is 204 g/mol. The van der Waals surface area contributed by atoms with Crippen molar-refractivity contribution in [1.82, 2.24) is 0 Å². The molecule has 0 bridgehead atoms. The predicted molar refractivity (Wildman–Crippen MR) is 66.7 cm³/mol. The van der Waals surface area contributed by atoms with Crippen molar-refractivity contribution in [2.45, 2.75) is 46.0 Å². The van der Waals surface area contributed by atoms with Crippen LogP contribution in [0.25, 0.3) is 0 Å². The normalized spacial score (nSPS) is 40.7. The lowest BCUT2D eigenvalue weighted by molar-refractivity contribution is 0.331. The van der Waals surface area contributed by atoms with Crippen LogP contribution < -0.4 is 0 Å². The number of hydrogen-bond donors (Lipinski definition) is 0. The highest BCUT2D eigenvalue weighted by Crippen LogP contribution is 2.33. The fraction of sp³-hybridized carbons (Fsp3) is 0.733. The Morgan fingerprint density at radius 1 is 0.867 bits per heavy atom. The first kappa shape index (κ1) is 11.0. The van der Waals surface area contributed by atoms with Gasteiger partial charge in [0.15, 0.2) is 0 Å². The van der Waals surface area contributed by atoms with Crippen LogP contribution in [0.1, 0.15) is 46.0 Å². The molecule has 0 saturated heterocycles. The van der Waals surface area contributed by atoms with Crippen molar-refractivity contribution in [3.8, 4) is 0 Å². The molecule has 84 valence electrons. The molecule has 0 aromatic heterocycles. The lowest BCUT2D eigenvalue weighted by atomic mass is 9.78. The second kappa shape index (κ2) is 5.01. The topological polar surface area (TPSA) is 0 Å². The van der Waals surface area contributed by atoms with Gasteiger partial charge in [-0.05, 0) is 55.8 Å². The summed E-state index contributed by atoms with van der Waals surface area (Å²) in [6, 6.07) is 0. The van der Waals surface area contributed by atoms with Gasteiger partial charge in [-0.25, -0.2) is 0 Å². The molecular weight excluding hydrogens is 180 g/mol. The van der Waals surface area contributed by atoms with Crippen LogP contribution in [0.5, 0.6) is 0 Å². The van der Waals surface area contributed by atoms with Crippen LogP contribution in [0, 0.1) is 23.7 Å². The molecule has 0 heterocycles. The van der Waals surface area contributed by atoms with E-state index in [-0.39, 0.29) is 0 Å². The van der Waals surface area contributed by atoms with Gasteiger partial charge in [-0.3, -0.25) is 0 Å². The Bertz CT molecular complexity index is 223. The molecule has 0 heteroatoms. The maximum Gasteiger partial charge on any atom is -0.0225 e. The Balaban J connectivity index is 1.86. The van der Waals surface area contributed by atoms with Crippen molar-refractivity contribution in [2.75, 3.05) is 0 Å². The Morgan fingerprint density at radius 2 is 1.33 bits per heavy atom. The molecule has 0 spiro atoms. The minimum atomic E-state index is 0.855. The molecule has 0 amide bonds. The van der Waals surface area contributed by atoms with Gasteiger partial charge in [-0.1, -0.05) is 38.2 Å². The molecule has 0 saturated carbocycles. The summed E-state index contributed by atoms with van der Waals surface area (Å²) in [5.74, 6) is 3.53. The molecule has 0 aromatic carbocycles. The SMILES string of the molecule is CC1CC=CC(CC2C=CCC(C)C2)C1. The van der Waals surface area contributed by atoms with E-state index in [1.165, 1.54) is 32.1 Å². The molecule has 15 heavy (non-hydrogen) atoms. The molecule has 0 nitrogen and oxygen atoms in total. The smallest absolute Gasteiger partial charge is 0.0225 e. The van der Waals surface area contributed by atoms with E-state index in [1.54, 1.807) is 0 Å². The molecule has 0 aliphatic heterocycles. The number of hydrogen-bond acceptors (Lipinski definition) is 0. The van der Waals surface area contributed by atoms with Crippen molar-refractivity contribution in [3.63, 3.8) is 0 Å². The fourth-order valence-corrected chi connectivity index (χ4v) is 3.13. The van der Waals surface area contributed by atoms with Crippen molar-refractivity contribution >= 4 is 0 Å². The van der Waals surface area contributed by atoms with Gasteiger partial charge in [0.25, 0.3) is 0 Å². The first-order valence-electron chi connectivity index (χ1n) is 6.57. The van der Waals surface area contributed by atoms with Gasteiger partial charge in [0, 0.05) is 0 Å². The van der Waals surface area contributed by atoms with Crippen LogP contribution in [0.3, 0.4) is 0 Å². The molecular formula is C15H24. The van der Waals surface area contributed by atoms with E-state index < -0.39 is 0 Å². The van der Waals surface area contributed by atoms with Gasteiger partial charge in [0.05, 0.1) is 0 Å². The zero-order valence-electron chi connectivity index (χ0n) is 10.2. The Morgan fingerprint density at radius 3 is 1.73 bits per heavy atom. The highest BCUT2D eigenvalue weighted by molar-refractivity contribution is 5.01. The highest BCUT2D eigenvalue weighted by atomic mass is 14.3. The maximum atomic E-state index is 2.47. The van der Waals surface area contributed by atoms with Crippen LogP contribution in [0.2, 0.25) is 0 Å². The van der Waals surface area contributed by atoms with Gasteiger partial charge in [-0.2, -0.15) is 0 Å². The zero-order chi connectivity index (χ0) is 10.7. The minimum absolute atomic E-state index is 0.855. The van der Waals surface area contributed by atoms with Crippen LogP contribution in [0.4, 0.5) is 0 Å². The summed E-state index contributed by atoms with van der Waals surface area (Å²) in [4.78, 5) is 0. The van der Waals surface area contributed by atoms with Crippen molar-refractivity contribution in [1.29, 1.82) is 0 Å². The number of rotatable bonds is 2. The zero-order valence-corrected chi connectivity index (χ0v) is 10.2. The molecule has 4 unspecified atom stereocenters. The second-order valence-electron chi connectivity index (χ2n) is 5.77. The van der Waals surface area contributed by atoms with E-state index in [0.29, 0.717) is 0 Å². The van der Waals surface area contributed by atoms with Gasteiger partial charge in [-0.15, -0.1) is 0 Å². The van der Waals surface area contributed by atoms with Crippen molar-refractivity contribution in [2.24, 2.45) is 23.7 Å². The van der Waals surface area contributed by atoms with Gasteiger partial charge in [0.2, 0.25) is 0 Å². The van der Waals surface area contributed by atoms with E-state index in [2.05, 4.69) is 38.2 Å². The third-order valence-corrected chi connectivity index (χ3v) is 3.91. The van der Waals surface area contributed by atoms with Crippen LogP contribution in [-0.2, 0) is 0 Å². The summed E-state index contributed by atoms with van der Waals surface area (Å²) in [5, 5.41) is 0. The largest absolute Gasteiger partial charge is 0.0880 e. The lowest BCUT2D eigenvalue weighted by Crippen LogP contribution is -2.15. The van der Waals surface area contributed by atoms with Crippen LogP contribution in [-0.4, -0.2) is 0 Å². The molecule has 2 aliphatic carbocycles. The van der Waals surface area contributed by atoms with E-state index in [0.717, 1.165) is 23.7 Å². The quantitative estimate of drug-likeness (QED) is 0.577. The minimum Gasteiger partial charge on any atom is -0.0880 e. The van der Waals surface area contributed by atoms with E-state index >= 15 is 0 Å². The highest BCUT2D eigenvalue weighted by Gasteiger charge is 2.20. The first-order valence-corrected chi connectivity index (χ1v) is 6.57. The third kappa shape index (κ3) is 3.22. The van der Waals surface area contributed by atoms with Gasteiger partial charge in [0.1, 0.15) is 0 Å². The Labute approximate surface area is 94.5 Å². The molecule has 2 aliphatic rings. The fourth-order valence-electron chi connectivity index (χ4n) is 3.13. The molecule has 4 atom stereocenters. The summed E-state index contributed by atoms with van der Waals surface area (Å²) in [7, 11) is 0. The van der Waals surface area contributed by atoms with E-state index in [9.17, 15) is 0 Å². The van der Waals surface area contributed by atoms with Crippen LogP contribution in [0.15, 0.2) is 24.3 Å². The lowest BCUT2D eigenvalue weighted by Gasteiger charge is -2.28. The standard InChI is InChI=1S/C15H24/c1-12-5-3-7-14(9-12)11-15-8-4-6-13(2)10-15/h3-4,7-8,12-15H,5-6,9-11H2,1-2H3. The average Bonchev–Trinajstić information content (AvgIpc) is 2.17. The van der Waals surface area contributed by atoms with Crippen molar-refractivity contribution < 1.29 is 0 Å². The predicted octanol–water partition coefficient (Wildman–Crippen LogP) is 4.58. The van der Waals surface area contributed by atoms with Gasteiger partial charge >= 0.3 is 0 Å². The second-order valence-corrected chi connectivity index (χ2v) is 5.77. The average molecular weight is 204 g/mol. The maximum absolute atomic E-state index is 2.47. The number of allylic oxidation sites excluding steroid dienone is 4. The molecule has 0 radical (unpaired) electrons. The summed E-state index contributed by atoms with van der Waals surface area (Å²) in [5.41, 5.74) is 0. The molecule has 2 rings (SSSR count). The molecule has 0 aromatic rings. The first-order chi connectivity index (χ1) is 7.24. The summed E-state index contributed by atoms with van der Waals surface area (Å²) in [6.45, 7) is 4.77. The van der Waals surface area contributed by atoms with Crippen LogP contribution >= 0.6 is 0 Å². The van der Waals surface area contributed by atoms with E-state index in [1.807, 2.05) is 0 Å². The molecule has 0 fully saturated rings.